The number of hydrogen-bond donors (Lipinski definition) is 1. The zero-order valence-electron chi connectivity index (χ0n) is 19.2. The summed E-state index contributed by atoms with van der Waals surface area (Å²) in [6, 6.07) is 34.5. The van der Waals surface area contributed by atoms with Crippen LogP contribution in [0.4, 0.5) is 0 Å². The third-order valence-electron chi connectivity index (χ3n) is 6.02. The number of nitrogens with one attached hydrogen (secondary N) is 1. The van der Waals surface area contributed by atoms with Gasteiger partial charge in [0.1, 0.15) is 5.69 Å². The van der Waals surface area contributed by atoms with E-state index < -0.39 is 0 Å². The molecule has 162 valence electrons. The fourth-order valence-electron chi connectivity index (χ4n) is 4.34. The van der Waals surface area contributed by atoms with Crippen LogP contribution in [0.15, 0.2) is 103 Å². The summed E-state index contributed by atoms with van der Waals surface area (Å²) in [4.78, 5) is 0. The van der Waals surface area contributed by atoms with Crippen molar-refractivity contribution in [3.05, 3.63) is 109 Å². The van der Waals surface area contributed by atoms with Crippen molar-refractivity contribution < 1.29 is 0 Å². The summed E-state index contributed by atoms with van der Waals surface area (Å²) >= 11 is 0. The van der Waals surface area contributed by atoms with Crippen molar-refractivity contribution in [1.29, 1.82) is 0 Å². The molecule has 0 radical (unpaired) electrons. The summed E-state index contributed by atoms with van der Waals surface area (Å²) in [6.45, 7) is 6.80. The van der Waals surface area contributed by atoms with Crippen LogP contribution in [0.2, 0.25) is 0 Å². The molecule has 0 aliphatic rings. The lowest BCUT2D eigenvalue weighted by Gasteiger charge is -2.27. The lowest BCUT2D eigenvalue weighted by Crippen LogP contribution is -2.14. The molecule has 0 aliphatic heterocycles. The summed E-state index contributed by atoms with van der Waals surface area (Å²) < 4.78 is 0. The normalized spacial score (nSPS) is 11.5. The Kier molecular flexibility index (Phi) is 5.39. The van der Waals surface area contributed by atoms with E-state index in [0.717, 1.165) is 11.3 Å². The largest absolute Gasteiger partial charge is 0.197 e. The van der Waals surface area contributed by atoms with Gasteiger partial charge >= 0.3 is 0 Å². The monoisotopic (exact) mass is 429 g/mol. The summed E-state index contributed by atoms with van der Waals surface area (Å²) in [5.74, 6) is 0. The molecule has 0 fully saturated rings. The predicted molar refractivity (Wildman–Crippen MR) is 137 cm³/mol. The highest BCUT2D eigenvalue weighted by atomic mass is 15.3. The van der Waals surface area contributed by atoms with Gasteiger partial charge in [-0.15, -0.1) is 0 Å². The first-order valence-electron chi connectivity index (χ1n) is 11.3. The lowest BCUT2D eigenvalue weighted by molar-refractivity contribution is 0.592. The van der Waals surface area contributed by atoms with Gasteiger partial charge in [0, 0.05) is 5.56 Å². The average Bonchev–Trinajstić information content (AvgIpc) is 3.39. The molecule has 5 rings (SSSR count). The van der Waals surface area contributed by atoms with Crippen LogP contribution in [0.1, 0.15) is 26.3 Å². The molecule has 4 aromatic carbocycles. The van der Waals surface area contributed by atoms with E-state index in [4.69, 9.17) is 0 Å². The number of rotatable bonds is 4. The topological polar surface area (TPSA) is 41.6 Å². The van der Waals surface area contributed by atoms with Crippen LogP contribution in [0.5, 0.6) is 0 Å². The number of benzene rings is 4. The van der Waals surface area contributed by atoms with Crippen molar-refractivity contribution in [2.75, 3.05) is 0 Å². The van der Waals surface area contributed by atoms with Gasteiger partial charge in [0.2, 0.25) is 0 Å². The first kappa shape index (κ1) is 20.9. The first-order chi connectivity index (χ1) is 16.0. The fourth-order valence-corrected chi connectivity index (χ4v) is 4.34. The highest BCUT2D eigenvalue weighted by Gasteiger charge is 2.24. The Morgan fingerprint density at radius 2 is 1.18 bits per heavy atom. The van der Waals surface area contributed by atoms with Gasteiger partial charge in [-0.2, -0.15) is 15.4 Å². The molecule has 0 bridgehead atoms. The van der Waals surface area contributed by atoms with Crippen LogP contribution in [0.3, 0.4) is 0 Å². The molecule has 1 N–H and O–H groups in total. The van der Waals surface area contributed by atoms with E-state index in [2.05, 4.69) is 127 Å². The van der Waals surface area contributed by atoms with Crippen molar-refractivity contribution in [3.8, 4) is 44.6 Å². The molecule has 1 aromatic heterocycles. The molecule has 0 saturated carbocycles. The molecule has 0 spiro atoms. The van der Waals surface area contributed by atoms with E-state index in [1.807, 2.05) is 6.07 Å². The Morgan fingerprint density at radius 1 is 0.606 bits per heavy atom. The minimum absolute atomic E-state index is 0.0519. The van der Waals surface area contributed by atoms with E-state index in [0.29, 0.717) is 0 Å². The molecule has 5 aromatic rings. The quantitative estimate of drug-likeness (QED) is 0.317. The molecule has 3 nitrogen and oxygen atoms in total. The minimum atomic E-state index is -0.0519. The minimum Gasteiger partial charge on any atom is -0.197 e. The molecule has 0 aliphatic carbocycles. The number of hydrogen-bond acceptors (Lipinski definition) is 2. The summed E-state index contributed by atoms with van der Waals surface area (Å²) in [5, 5.41) is 11.2. The molecule has 0 unspecified atom stereocenters. The van der Waals surface area contributed by atoms with E-state index in [1.54, 1.807) is 6.20 Å². The van der Waals surface area contributed by atoms with Gasteiger partial charge in [-0.1, -0.05) is 106 Å². The second-order valence-corrected chi connectivity index (χ2v) is 9.36. The van der Waals surface area contributed by atoms with Crippen molar-refractivity contribution in [3.63, 3.8) is 0 Å². The third kappa shape index (κ3) is 4.22. The van der Waals surface area contributed by atoms with Gasteiger partial charge in [-0.25, -0.2) is 0 Å². The second kappa shape index (κ2) is 8.51. The van der Waals surface area contributed by atoms with Crippen LogP contribution in [0, 0.1) is 0 Å². The maximum absolute atomic E-state index is 4.36. The van der Waals surface area contributed by atoms with Crippen molar-refractivity contribution >= 4 is 0 Å². The van der Waals surface area contributed by atoms with Gasteiger partial charge in [-0.3, -0.25) is 0 Å². The summed E-state index contributed by atoms with van der Waals surface area (Å²) in [7, 11) is 0. The van der Waals surface area contributed by atoms with E-state index in [-0.39, 0.29) is 5.41 Å². The molecule has 33 heavy (non-hydrogen) atoms. The highest BCUT2D eigenvalue weighted by Crippen LogP contribution is 2.43. The average molecular weight is 430 g/mol. The molecule has 3 heteroatoms. The van der Waals surface area contributed by atoms with Crippen LogP contribution >= 0.6 is 0 Å². The predicted octanol–water partition coefficient (Wildman–Crippen LogP) is 7.77. The third-order valence-corrected chi connectivity index (χ3v) is 6.02. The molecular formula is C30H27N3. The standard InChI is InChI=1S/C30H27N3/c1-30(2,3)27-19-25(28-20-31-33-32-28)18-26(29(27)24-12-8-5-9-13-24)23-16-14-22(15-17-23)21-10-6-4-7-11-21/h4-20H,1-3H3,(H,31,32,33). The van der Waals surface area contributed by atoms with Gasteiger partial charge in [-0.05, 0) is 56.5 Å². The van der Waals surface area contributed by atoms with E-state index >= 15 is 0 Å². The Hall–Kier alpha value is -3.98. The number of aromatic amines is 1. The number of nitrogens with zero attached hydrogens (tertiary/aromatic N) is 2. The molecule has 0 amide bonds. The Morgan fingerprint density at radius 3 is 1.76 bits per heavy atom. The van der Waals surface area contributed by atoms with Crippen LogP contribution in [0.25, 0.3) is 44.6 Å². The number of H-pyrrole nitrogens is 1. The van der Waals surface area contributed by atoms with Crippen molar-refractivity contribution in [2.45, 2.75) is 26.2 Å². The van der Waals surface area contributed by atoms with Gasteiger partial charge < -0.3 is 0 Å². The zero-order valence-corrected chi connectivity index (χ0v) is 19.2. The van der Waals surface area contributed by atoms with Crippen molar-refractivity contribution in [2.24, 2.45) is 0 Å². The van der Waals surface area contributed by atoms with Crippen molar-refractivity contribution in [1.82, 2.24) is 15.4 Å². The molecule has 1 heterocycles. The van der Waals surface area contributed by atoms with Crippen LogP contribution < -0.4 is 0 Å². The Labute approximate surface area is 195 Å². The van der Waals surface area contributed by atoms with Crippen LogP contribution in [-0.4, -0.2) is 15.4 Å². The fraction of sp³-hybridized carbons (Fsp3) is 0.133. The second-order valence-electron chi connectivity index (χ2n) is 9.36. The summed E-state index contributed by atoms with van der Waals surface area (Å²) in [6.07, 6.45) is 1.78. The highest BCUT2D eigenvalue weighted by molar-refractivity contribution is 5.90. The molecule has 0 saturated heterocycles. The van der Waals surface area contributed by atoms with E-state index in [1.165, 1.54) is 38.9 Å². The maximum atomic E-state index is 4.36. The Balaban J connectivity index is 1.75. The van der Waals surface area contributed by atoms with Gasteiger partial charge in [0.25, 0.3) is 0 Å². The Bertz CT molecular complexity index is 1350. The SMILES string of the molecule is CC(C)(C)c1cc(-c2cn[nH]n2)cc(-c2ccc(-c3ccccc3)cc2)c1-c1ccccc1. The maximum Gasteiger partial charge on any atom is 0.112 e. The van der Waals surface area contributed by atoms with E-state index in [9.17, 15) is 0 Å². The molecule has 0 atom stereocenters. The summed E-state index contributed by atoms with van der Waals surface area (Å²) in [5.41, 5.74) is 10.5. The lowest BCUT2D eigenvalue weighted by atomic mass is 9.77. The van der Waals surface area contributed by atoms with Gasteiger partial charge in [0.05, 0.1) is 6.20 Å². The first-order valence-corrected chi connectivity index (χ1v) is 11.3. The van der Waals surface area contributed by atoms with Gasteiger partial charge in [0.15, 0.2) is 0 Å². The molecular weight excluding hydrogens is 402 g/mol. The smallest absolute Gasteiger partial charge is 0.112 e. The zero-order chi connectivity index (χ0) is 22.8. The van der Waals surface area contributed by atoms with Crippen LogP contribution in [-0.2, 0) is 5.41 Å². The number of aromatic nitrogens is 3.